The van der Waals surface area contributed by atoms with Crippen LogP contribution >= 0.6 is 11.6 Å². The topological polar surface area (TPSA) is 41.6 Å². The molecule has 0 spiro atoms. The molecular weight excluding hydrogens is 258 g/mol. The Labute approximate surface area is 118 Å². The minimum absolute atomic E-state index is 0.550. The van der Waals surface area contributed by atoms with Crippen molar-refractivity contribution in [1.82, 2.24) is 15.2 Å². The molecule has 1 saturated carbocycles. The number of benzene rings is 1. The van der Waals surface area contributed by atoms with Crippen LogP contribution in [0.15, 0.2) is 18.2 Å². The molecule has 3 nitrogen and oxygen atoms in total. The molecule has 1 fully saturated rings. The van der Waals surface area contributed by atoms with Gasteiger partial charge in [-0.05, 0) is 37.5 Å². The van der Waals surface area contributed by atoms with E-state index in [9.17, 15) is 0 Å². The lowest BCUT2D eigenvalue weighted by atomic mass is 9.89. The Bertz CT molecular complexity index is 571. The predicted octanol–water partition coefficient (Wildman–Crippen LogP) is 4.48. The number of aromatic amines is 1. The van der Waals surface area contributed by atoms with Crippen molar-refractivity contribution in [1.29, 1.82) is 0 Å². The molecule has 1 aliphatic rings. The lowest BCUT2D eigenvalue weighted by Gasteiger charge is -2.18. The Morgan fingerprint density at radius 2 is 2.00 bits per heavy atom. The normalized spacial score (nSPS) is 16.7. The number of hydrogen-bond acceptors (Lipinski definition) is 2. The van der Waals surface area contributed by atoms with Crippen LogP contribution in [0.4, 0.5) is 0 Å². The highest BCUT2D eigenvalue weighted by Crippen LogP contribution is 2.32. The molecule has 1 aromatic carbocycles. The van der Waals surface area contributed by atoms with Gasteiger partial charge in [0, 0.05) is 16.5 Å². The molecular formula is C15H18ClN3. The van der Waals surface area contributed by atoms with E-state index in [0.717, 1.165) is 27.8 Å². The number of nitrogens with zero attached hydrogens (tertiary/aromatic N) is 2. The fourth-order valence-corrected chi connectivity index (χ4v) is 2.96. The van der Waals surface area contributed by atoms with Crippen molar-refractivity contribution in [2.45, 2.75) is 44.9 Å². The molecule has 0 bridgehead atoms. The summed E-state index contributed by atoms with van der Waals surface area (Å²) in [6.45, 7) is 2.06. The van der Waals surface area contributed by atoms with E-state index < -0.39 is 0 Å². The van der Waals surface area contributed by atoms with E-state index >= 15 is 0 Å². The molecule has 1 aliphatic carbocycles. The summed E-state index contributed by atoms with van der Waals surface area (Å²) in [4.78, 5) is 4.68. The maximum atomic E-state index is 6.06. The second-order valence-corrected chi connectivity index (χ2v) is 5.77. The maximum absolute atomic E-state index is 6.06. The number of H-pyrrole nitrogens is 1. The number of rotatable bonds is 2. The van der Waals surface area contributed by atoms with Crippen molar-refractivity contribution in [2.24, 2.45) is 0 Å². The zero-order valence-electron chi connectivity index (χ0n) is 11.1. The average molecular weight is 276 g/mol. The van der Waals surface area contributed by atoms with Crippen molar-refractivity contribution in [3.63, 3.8) is 0 Å². The minimum Gasteiger partial charge on any atom is -0.262 e. The number of aromatic nitrogens is 3. The van der Waals surface area contributed by atoms with Crippen molar-refractivity contribution < 1.29 is 0 Å². The summed E-state index contributed by atoms with van der Waals surface area (Å²) in [6.07, 6.45) is 6.41. The first-order chi connectivity index (χ1) is 9.24. The van der Waals surface area contributed by atoms with Gasteiger partial charge < -0.3 is 0 Å². The third-order valence-corrected chi connectivity index (χ3v) is 4.17. The van der Waals surface area contributed by atoms with E-state index in [4.69, 9.17) is 11.6 Å². The Kier molecular flexibility index (Phi) is 3.56. The van der Waals surface area contributed by atoms with Crippen LogP contribution < -0.4 is 0 Å². The summed E-state index contributed by atoms with van der Waals surface area (Å²) >= 11 is 6.06. The fourth-order valence-electron chi connectivity index (χ4n) is 2.79. The summed E-state index contributed by atoms with van der Waals surface area (Å²) in [5.74, 6) is 2.35. The molecule has 100 valence electrons. The van der Waals surface area contributed by atoms with E-state index in [0.29, 0.717) is 5.92 Å². The van der Waals surface area contributed by atoms with E-state index in [1.165, 1.54) is 32.1 Å². The first-order valence-electron chi connectivity index (χ1n) is 6.93. The van der Waals surface area contributed by atoms with Crippen LogP contribution in [0.3, 0.4) is 0 Å². The highest BCUT2D eigenvalue weighted by Gasteiger charge is 2.19. The van der Waals surface area contributed by atoms with Gasteiger partial charge in [0.1, 0.15) is 5.82 Å². The van der Waals surface area contributed by atoms with Crippen molar-refractivity contribution in [2.75, 3.05) is 0 Å². The Morgan fingerprint density at radius 3 is 2.79 bits per heavy atom. The van der Waals surface area contributed by atoms with E-state index in [2.05, 4.69) is 22.1 Å². The first-order valence-corrected chi connectivity index (χ1v) is 7.30. The van der Waals surface area contributed by atoms with Gasteiger partial charge in [-0.3, -0.25) is 5.10 Å². The van der Waals surface area contributed by atoms with Crippen LogP contribution in [-0.2, 0) is 0 Å². The molecule has 4 heteroatoms. The van der Waals surface area contributed by atoms with Crippen LogP contribution in [0.5, 0.6) is 0 Å². The third-order valence-electron chi connectivity index (χ3n) is 3.94. The lowest BCUT2D eigenvalue weighted by molar-refractivity contribution is 0.429. The van der Waals surface area contributed by atoms with Crippen LogP contribution in [0.25, 0.3) is 11.4 Å². The lowest BCUT2D eigenvalue weighted by Crippen LogP contribution is -2.06. The van der Waals surface area contributed by atoms with Gasteiger partial charge in [0.15, 0.2) is 5.82 Å². The molecule has 0 amide bonds. The molecule has 0 atom stereocenters. The second kappa shape index (κ2) is 5.33. The molecule has 2 aromatic rings. The highest BCUT2D eigenvalue weighted by atomic mass is 35.5. The summed E-state index contributed by atoms with van der Waals surface area (Å²) in [5, 5.41) is 8.21. The fraction of sp³-hybridized carbons (Fsp3) is 0.467. The van der Waals surface area contributed by atoms with Gasteiger partial charge in [0.2, 0.25) is 0 Å². The van der Waals surface area contributed by atoms with Gasteiger partial charge in [-0.2, -0.15) is 5.10 Å². The van der Waals surface area contributed by atoms with E-state index in [1.807, 2.05) is 18.2 Å². The van der Waals surface area contributed by atoms with Gasteiger partial charge in [0.05, 0.1) is 0 Å². The molecule has 0 unspecified atom stereocenters. The second-order valence-electron chi connectivity index (χ2n) is 5.34. The van der Waals surface area contributed by atoms with Gasteiger partial charge >= 0.3 is 0 Å². The van der Waals surface area contributed by atoms with Gasteiger partial charge in [-0.1, -0.05) is 36.9 Å². The minimum atomic E-state index is 0.550. The Balaban J connectivity index is 1.89. The van der Waals surface area contributed by atoms with Crippen LogP contribution in [0, 0.1) is 6.92 Å². The van der Waals surface area contributed by atoms with Crippen LogP contribution in [0.1, 0.15) is 49.4 Å². The summed E-state index contributed by atoms with van der Waals surface area (Å²) in [7, 11) is 0. The largest absolute Gasteiger partial charge is 0.262 e. The SMILES string of the molecule is Cc1ccc(Cl)cc1-c1n[nH]c(C2CCCCC2)n1. The summed E-state index contributed by atoms with van der Waals surface area (Å²) < 4.78 is 0. The third kappa shape index (κ3) is 2.66. The van der Waals surface area contributed by atoms with Gasteiger partial charge in [0.25, 0.3) is 0 Å². The quantitative estimate of drug-likeness (QED) is 0.878. The van der Waals surface area contributed by atoms with E-state index in [1.54, 1.807) is 0 Å². The molecule has 1 aromatic heterocycles. The molecule has 1 N–H and O–H groups in total. The average Bonchev–Trinajstić information content (AvgIpc) is 2.92. The van der Waals surface area contributed by atoms with Crippen LogP contribution in [-0.4, -0.2) is 15.2 Å². The van der Waals surface area contributed by atoms with Crippen molar-refractivity contribution in [3.8, 4) is 11.4 Å². The summed E-state index contributed by atoms with van der Waals surface area (Å²) in [5.41, 5.74) is 2.17. The standard InChI is InChI=1S/C15H18ClN3/c1-10-7-8-12(16)9-13(10)15-17-14(18-19-15)11-5-3-2-4-6-11/h7-9,11H,2-6H2,1H3,(H,17,18,19). The van der Waals surface area contributed by atoms with Crippen molar-refractivity contribution >= 4 is 11.6 Å². The summed E-state index contributed by atoms with van der Waals surface area (Å²) in [6, 6.07) is 5.84. The van der Waals surface area contributed by atoms with Gasteiger partial charge in [-0.15, -0.1) is 0 Å². The maximum Gasteiger partial charge on any atom is 0.181 e. The number of nitrogens with one attached hydrogen (secondary N) is 1. The first kappa shape index (κ1) is 12.7. The molecule has 19 heavy (non-hydrogen) atoms. The molecule has 1 heterocycles. The molecule has 3 rings (SSSR count). The number of halogens is 1. The monoisotopic (exact) mass is 275 g/mol. The molecule has 0 aliphatic heterocycles. The zero-order valence-corrected chi connectivity index (χ0v) is 11.9. The predicted molar refractivity (Wildman–Crippen MR) is 77.4 cm³/mol. The Morgan fingerprint density at radius 1 is 1.21 bits per heavy atom. The van der Waals surface area contributed by atoms with Gasteiger partial charge in [-0.25, -0.2) is 4.98 Å². The molecule has 0 radical (unpaired) electrons. The molecule has 0 saturated heterocycles. The van der Waals surface area contributed by atoms with E-state index in [-0.39, 0.29) is 0 Å². The number of hydrogen-bond donors (Lipinski definition) is 1. The smallest absolute Gasteiger partial charge is 0.181 e. The van der Waals surface area contributed by atoms with Crippen molar-refractivity contribution in [3.05, 3.63) is 34.6 Å². The van der Waals surface area contributed by atoms with Crippen LogP contribution in [0.2, 0.25) is 5.02 Å². The highest BCUT2D eigenvalue weighted by molar-refractivity contribution is 6.30. The number of aryl methyl sites for hydroxylation is 1. The Hall–Kier alpha value is -1.35. The zero-order chi connectivity index (χ0) is 13.2.